The number of hydrogen-bond acceptors (Lipinski definition) is 4. The van der Waals surface area contributed by atoms with Gasteiger partial charge in [0.2, 0.25) is 0 Å². The van der Waals surface area contributed by atoms with Crippen molar-refractivity contribution in [3.05, 3.63) is 29.6 Å². The zero-order valence-corrected chi connectivity index (χ0v) is 8.57. The number of halogens is 1. The van der Waals surface area contributed by atoms with Crippen LogP contribution >= 0.6 is 0 Å². The number of anilines is 1. The summed E-state index contributed by atoms with van der Waals surface area (Å²) in [5, 5.41) is 0. The van der Waals surface area contributed by atoms with E-state index >= 15 is 0 Å². The number of benzene rings is 1. The molecule has 16 heavy (non-hydrogen) atoms. The summed E-state index contributed by atoms with van der Waals surface area (Å²) in [6, 6.07) is 3.24. The molecule has 1 rings (SSSR count). The van der Waals surface area contributed by atoms with Gasteiger partial charge in [-0.25, -0.2) is 9.18 Å². The zero-order valence-electron chi connectivity index (χ0n) is 8.57. The van der Waals surface area contributed by atoms with Gasteiger partial charge in [0.05, 0.1) is 5.56 Å². The maximum absolute atomic E-state index is 12.7. The van der Waals surface area contributed by atoms with E-state index in [1.165, 1.54) is 13.0 Å². The van der Waals surface area contributed by atoms with Crippen LogP contribution in [0.1, 0.15) is 17.3 Å². The normalized spacial score (nSPS) is 11.9. The Balaban J connectivity index is 2.85. The second-order valence-electron chi connectivity index (χ2n) is 3.18. The third-order valence-corrected chi connectivity index (χ3v) is 1.92. The lowest BCUT2D eigenvalue weighted by atomic mass is 10.2. The molecule has 1 amide bonds. The maximum atomic E-state index is 12.7. The predicted octanol–water partition coefficient (Wildman–Crippen LogP) is 0.439. The standard InChI is InChI=1S/C10H11FN2O3/c1-5(9(13)14)16-10(15)7-3-2-6(11)4-8(7)12/h2-5H,12H2,1H3,(H2,13,14)/t5-/m0/s1. The molecule has 0 fully saturated rings. The molecule has 1 aromatic rings. The Morgan fingerprint density at radius 1 is 1.44 bits per heavy atom. The highest BCUT2D eigenvalue weighted by Crippen LogP contribution is 2.15. The average molecular weight is 226 g/mol. The van der Waals surface area contributed by atoms with Crippen LogP contribution in [0.4, 0.5) is 10.1 Å². The van der Waals surface area contributed by atoms with Crippen molar-refractivity contribution >= 4 is 17.6 Å². The second kappa shape index (κ2) is 4.61. The minimum Gasteiger partial charge on any atom is -0.449 e. The van der Waals surface area contributed by atoms with Crippen molar-refractivity contribution in [2.75, 3.05) is 5.73 Å². The van der Waals surface area contributed by atoms with Crippen LogP contribution in [0.2, 0.25) is 0 Å². The van der Waals surface area contributed by atoms with Crippen LogP contribution in [0.5, 0.6) is 0 Å². The Bertz CT molecular complexity index is 434. The van der Waals surface area contributed by atoms with Crippen molar-refractivity contribution in [2.24, 2.45) is 5.73 Å². The Labute approximate surface area is 91.2 Å². The summed E-state index contributed by atoms with van der Waals surface area (Å²) < 4.78 is 17.4. The van der Waals surface area contributed by atoms with Crippen molar-refractivity contribution in [1.29, 1.82) is 0 Å². The average Bonchev–Trinajstić information content (AvgIpc) is 2.16. The molecule has 4 N–H and O–H groups in total. The van der Waals surface area contributed by atoms with Gasteiger partial charge >= 0.3 is 5.97 Å². The summed E-state index contributed by atoms with van der Waals surface area (Å²) in [6.45, 7) is 1.33. The van der Waals surface area contributed by atoms with E-state index in [2.05, 4.69) is 0 Å². The summed E-state index contributed by atoms with van der Waals surface area (Å²) in [4.78, 5) is 22.1. The minimum absolute atomic E-state index is 0.00509. The number of nitrogens with two attached hydrogens (primary N) is 2. The first-order valence-corrected chi connectivity index (χ1v) is 4.47. The maximum Gasteiger partial charge on any atom is 0.341 e. The number of rotatable bonds is 3. The lowest BCUT2D eigenvalue weighted by molar-refractivity contribution is -0.125. The van der Waals surface area contributed by atoms with E-state index in [1.807, 2.05) is 0 Å². The topological polar surface area (TPSA) is 95.4 Å². The number of primary amides is 1. The fourth-order valence-electron chi connectivity index (χ4n) is 1.00. The van der Waals surface area contributed by atoms with Crippen LogP contribution in [0, 0.1) is 5.82 Å². The van der Waals surface area contributed by atoms with Crippen LogP contribution < -0.4 is 11.5 Å². The Morgan fingerprint density at radius 2 is 2.06 bits per heavy atom. The predicted molar refractivity (Wildman–Crippen MR) is 54.9 cm³/mol. The van der Waals surface area contributed by atoms with Gasteiger partial charge < -0.3 is 16.2 Å². The van der Waals surface area contributed by atoms with Gasteiger partial charge in [-0.15, -0.1) is 0 Å². The summed E-state index contributed by atoms with van der Waals surface area (Å²) in [7, 11) is 0. The van der Waals surface area contributed by atoms with Gasteiger partial charge in [0.1, 0.15) is 5.82 Å². The van der Waals surface area contributed by atoms with E-state index < -0.39 is 23.8 Å². The molecule has 0 bridgehead atoms. The number of hydrogen-bond donors (Lipinski definition) is 2. The molecule has 0 heterocycles. The number of nitrogen functional groups attached to an aromatic ring is 1. The Morgan fingerprint density at radius 3 is 2.56 bits per heavy atom. The van der Waals surface area contributed by atoms with E-state index in [9.17, 15) is 14.0 Å². The number of ether oxygens (including phenoxy) is 1. The quantitative estimate of drug-likeness (QED) is 0.577. The van der Waals surface area contributed by atoms with E-state index in [0.29, 0.717) is 0 Å². The van der Waals surface area contributed by atoms with Gasteiger partial charge in [-0.3, -0.25) is 4.79 Å². The lowest BCUT2D eigenvalue weighted by Gasteiger charge is -2.10. The summed E-state index contributed by atoms with van der Waals surface area (Å²) >= 11 is 0. The molecule has 6 heteroatoms. The van der Waals surface area contributed by atoms with Crippen LogP contribution in [0.3, 0.4) is 0 Å². The Hall–Kier alpha value is -2.11. The summed E-state index contributed by atoms with van der Waals surface area (Å²) in [5.41, 5.74) is 10.3. The van der Waals surface area contributed by atoms with E-state index in [4.69, 9.17) is 16.2 Å². The van der Waals surface area contributed by atoms with Crippen molar-refractivity contribution in [1.82, 2.24) is 0 Å². The second-order valence-corrected chi connectivity index (χ2v) is 3.18. The molecule has 5 nitrogen and oxygen atoms in total. The highest BCUT2D eigenvalue weighted by atomic mass is 19.1. The number of carbonyl (C=O) groups excluding carboxylic acids is 2. The van der Waals surface area contributed by atoms with Crippen molar-refractivity contribution < 1.29 is 18.7 Å². The van der Waals surface area contributed by atoms with Gasteiger partial charge in [0.25, 0.3) is 5.91 Å². The van der Waals surface area contributed by atoms with Crippen LogP contribution in [0.25, 0.3) is 0 Å². The number of amides is 1. The Kier molecular flexibility index (Phi) is 3.44. The molecule has 0 aromatic heterocycles. The molecule has 0 aliphatic carbocycles. The molecule has 1 aromatic carbocycles. The molecular formula is C10H11FN2O3. The molecular weight excluding hydrogens is 215 g/mol. The summed E-state index contributed by atoms with van der Waals surface area (Å²) in [6.07, 6.45) is -1.06. The van der Waals surface area contributed by atoms with Gasteiger partial charge in [-0.1, -0.05) is 0 Å². The van der Waals surface area contributed by atoms with Gasteiger partial charge in [0.15, 0.2) is 6.10 Å². The van der Waals surface area contributed by atoms with Crippen LogP contribution in [0.15, 0.2) is 18.2 Å². The van der Waals surface area contributed by atoms with Gasteiger partial charge in [0, 0.05) is 5.69 Å². The largest absolute Gasteiger partial charge is 0.449 e. The zero-order chi connectivity index (χ0) is 12.3. The molecule has 0 spiro atoms. The SMILES string of the molecule is C[C@H](OC(=O)c1ccc(F)cc1N)C(N)=O. The van der Waals surface area contributed by atoms with Crippen LogP contribution in [-0.4, -0.2) is 18.0 Å². The molecule has 0 saturated heterocycles. The van der Waals surface area contributed by atoms with E-state index in [1.54, 1.807) is 0 Å². The molecule has 86 valence electrons. The fourth-order valence-corrected chi connectivity index (χ4v) is 1.00. The number of carbonyl (C=O) groups is 2. The third-order valence-electron chi connectivity index (χ3n) is 1.92. The molecule has 1 atom stereocenters. The van der Waals surface area contributed by atoms with Crippen molar-refractivity contribution in [3.63, 3.8) is 0 Å². The first-order chi connectivity index (χ1) is 7.41. The highest BCUT2D eigenvalue weighted by Gasteiger charge is 2.18. The molecule has 0 aliphatic heterocycles. The van der Waals surface area contributed by atoms with E-state index in [-0.39, 0.29) is 11.3 Å². The van der Waals surface area contributed by atoms with Gasteiger partial charge in [-0.05, 0) is 25.1 Å². The summed E-state index contributed by atoms with van der Waals surface area (Å²) in [5.74, 6) is -2.14. The molecule has 0 saturated carbocycles. The monoisotopic (exact) mass is 226 g/mol. The smallest absolute Gasteiger partial charge is 0.341 e. The molecule has 0 aliphatic rings. The molecule has 0 radical (unpaired) electrons. The van der Waals surface area contributed by atoms with Crippen LogP contribution in [-0.2, 0) is 9.53 Å². The lowest BCUT2D eigenvalue weighted by Crippen LogP contribution is -2.30. The fraction of sp³-hybridized carbons (Fsp3) is 0.200. The minimum atomic E-state index is -1.06. The van der Waals surface area contributed by atoms with Crippen molar-refractivity contribution in [2.45, 2.75) is 13.0 Å². The number of esters is 1. The van der Waals surface area contributed by atoms with Gasteiger partial charge in [-0.2, -0.15) is 0 Å². The first-order valence-electron chi connectivity index (χ1n) is 4.47. The first kappa shape index (κ1) is 12.0. The van der Waals surface area contributed by atoms with Crippen molar-refractivity contribution in [3.8, 4) is 0 Å². The van der Waals surface area contributed by atoms with E-state index in [0.717, 1.165) is 12.1 Å². The third kappa shape index (κ3) is 2.69. The molecule has 0 unspecified atom stereocenters. The highest BCUT2D eigenvalue weighted by molar-refractivity contribution is 5.96.